The number of likely N-dealkylation sites (N-methyl/N-ethyl adjacent to an activating group) is 1. The highest BCUT2D eigenvalue weighted by Gasteiger charge is 2.33. The fraction of sp³-hybridized carbons (Fsp3) is 0.579. The van der Waals surface area contributed by atoms with Gasteiger partial charge < -0.3 is 15.0 Å². The van der Waals surface area contributed by atoms with Crippen LogP contribution in [0.5, 0.6) is 0 Å². The van der Waals surface area contributed by atoms with Crippen molar-refractivity contribution < 1.29 is 14.3 Å². The third-order valence-electron chi connectivity index (χ3n) is 4.86. The van der Waals surface area contributed by atoms with Gasteiger partial charge in [0.1, 0.15) is 6.04 Å². The Kier molecular flexibility index (Phi) is 6.42. The average molecular weight is 347 g/mol. The van der Waals surface area contributed by atoms with E-state index >= 15 is 0 Å². The highest BCUT2D eigenvalue weighted by Crippen LogP contribution is 2.16. The Morgan fingerprint density at radius 1 is 1.32 bits per heavy atom. The van der Waals surface area contributed by atoms with Crippen LogP contribution in [-0.2, 0) is 16.0 Å². The summed E-state index contributed by atoms with van der Waals surface area (Å²) in [6.45, 7) is 5.60. The lowest BCUT2D eigenvalue weighted by Gasteiger charge is -2.36. The van der Waals surface area contributed by atoms with Crippen LogP contribution in [0.15, 0.2) is 30.3 Å². The number of hydrogen-bond acceptors (Lipinski definition) is 4. The zero-order valence-electron chi connectivity index (χ0n) is 15.6. The predicted molar refractivity (Wildman–Crippen MR) is 97.4 cm³/mol. The number of cyclic esters (lactones) is 1. The van der Waals surface area contributed by atoms with Gasteiger partial charge in [0.25, 0.3) is 0 Å². The first-order chi connectivity index (χ1) is 11.8. The van der Waals surface area contributed by atoms with Crippen LogP contribution in [0.3, 0.4) is 0 Å². The number of benzene rings is 1. The van der Waals surface area contributed by atoms with Gasteiger partial charge in [0.15, 0.2) is 0 Å². The first kappa shape index (κ1) is 19.2. The molecule has 25 heavy (non-hydrogen) atoms. The number of amides is 2. The number of nitrogens with zero attached hydrogens (tertiary/aromatic N) is 2. The van der Waals surface area contributed by atoms with Crippen molar-refractivity contribution in [2.75, 3.05) is 33.8 Å². The largest absolute Gasteiger partial charge is 0.449 e. The number of ether oxygens (including phenoxy) is 1. The Morgan fingerprint density at radius 2 is 2.00 bits per heavy atom. The zero-order chi connectivity index (χ0) is 18.4. The fourth-order valence-corrected chi connectivity index (χ4v) is 2.61. The quantitative estimate of drug-likeness (QED) is 0.818. The first-order valence-corrected chi connectivity index (χ1v) is 8.74. The van der Waals surface area contributed by atoms with E-state index in [9.17, 15) is 9.59 Å². The van der Waals surface area contributed by atoms with Gasteiger partial charge >= 0.3 is 6.09 Å². The van der Waals surface area contributed by atoms with E-state index in [0.717, 1.165) is 12.0 Å². The van der Waals surface area contributed by atoms with E-state index in [4.69, 9.17) is 4.74 Å². The van der Waals surface area contributed by atoms with Gasteiger partial charge in [0.05, 0.1) is 6.61 Å². The lowest BCUT2D eigenvalue weighted by Crippen LogP contribution is -2.56. The van der Waals surface area contributed by atoms with E-state index in [-0.39, 0.29) is 11.4 Å². The van der Waals surface area contributed by atoms with Gasteiger partial charge in [-0.1, -0.05) is 30.3 Å². The van der Waals surface area contributed by atoms with Crippen molar-refractivity contribution in [3.63, 3.8) is 0 Å². The monoisotopic (exact) mass is 347 g/mol. The highest BCUT2D eigenvalue weighted by molar-refractivity contribution is 5.86. The summed E-state index contributed by atoms with van der Waals surface area (Å²) in [5.74, 6) is -0.141. The predicted octanol–water partition coefficient (Wildman–Crippen LogP) is 1.90. The Labute approximate surface area is 150 Å². The zero-order valence-corrected chi connectivity index (χ0v) is 15.6. The Bertz CT molecular complexity index is 587. The number of rotatable bonds is 7. The summed E-state index contributed by atoms with van der Waals surface area (Å²) in [4.78, 5) is 28.7. The van der Waals surface area contributed by atoms with Crippen LogP contribution in [0.2, 0.25) is 0 Å². The molecule has 1 aromatic carbocycles. The molecule has 6 heteroatoms. The Balaban J connectivity index is 2.12. The lowest BCUT2D eigenvalue weighted by atomic mass is 10.0. The van der Waals surface area contributed by atoms with Gasteiger partial charge in [-0.05, 0) is 39.9 Å². The van der Waals surface area contributed by atoms with Gasteiger partial charge in [-0.15, -0.1) is 0 Å². The minimum atomic E-state index is -0.562. The molecule has 1 saturated heterocycles. The topological polar surface area (TPSA) is 61.9 Å². The van der Waals surface area contributed by atoms with Crippen LogP contribution in [0.25, 0.3) is 0 Å². The number of nitrogens with one attached hydrogen (secondary N) is 1. The second kappa shape index (κ2) is 8.34. The standard InChI is InChI=1S/C19H29N3O3/c1-19(2,21(3)4)14-20-17(23)16(13-15-9-6-5-7-10-15)22-11-8-12-25-18(22)24/h5-7,9-10,16H,8,11-14H2,1-4H3,(H,20,23). The van der Waals surface area contributed by atoms with Crippen molar-refractivity contribution in [1.29, 1.82) is 0 Å². The number of carbonyl (C=O) groups is 2. The maximum atomic E-state index is 12.9. The Morgan fingerprint density at radius 3 is 2.60 bits per heavy atom. The summed E-state index contributed by atoms with van der Waals surface area (Å²) in [5.41, 5.74) is 0.850. The minimum Gasteiger partial charge on any atom is -0.449 e. The van der Waals surface area contributed by atoms with Gasteiger partial charge in [0, 0.05) is 25.0 Å². The van der Waals surface area contributed by atoms with Gasteiger partial charge in [0.2, 0.25) is 5.91 Å². The molecule has 0 aromatic heterocycles. The van der Waals surface area contributed by atoms with E-state index in [1.807, 2.05) is 44.4 Å². The SMILES string of the molecule is CN(C)C(C)(C)CNC(=O)C(Cc1ccccc1)N1CCCOC1=O. The molecule has 0 radical (unpaired) electrons. The molecule has 1 aliphatic rings. The van der Waals surface area contributed by atoms with Crippen molar-refractivity contribution in [2.24, 2.45) is 0 Å². The Hall–Kier alpha value is -2.08. The van der Waals surface area contributed by atoms with Crippen molar-refractivity contribution in [3.05, 3.63) is 35.9 Å². The highest BCUT2D eigenvalue weighted by atomic mass is 16.6. The van der Waals surface area contributed by atoms with Crippen LogP contribution in [0, 0.1) is 0 Å². The van der Waals surface area contributed by atoms with Gasteiger partial charge in [-0.2, -0.15) is 0 Å². The molecule has 1 fully saturated rings. The number of carbonyl (C=O) groups excluding carboxylic acids is 2. The molecule has 138 valence electrons. The smallest absolute Gasteiger partial charge is 0.410 e. The van der Waals surface area contributed by atoms with E-state index in [1.54, 1.807) is 4.90 Å². The molecular weight excluding hydrogens is 318 g/mol. The third kappa shape index (κ3) is 5.19. The summed E-state index contributed by atoms with van der Waals surface area (Å²) in [6, 6.07) is 9.20. The van der Waals surface area contributed by atoms with Gasteiger partial charge in [-0.25, -0.2) is 4.79 Å². The molecule has 1 aliphatic heterocycles. The molecule has 6 nitrogen and oxygen atoms in total. The van der Waals surface area contributed by atoms with Crippen molar-refractivity contribution in [2.45, 2.75) is 38.3 Å². The van der Waals surface area contributed by atoms with Crippen LogP contribution in [0.1, 0.15) is 25.8 Å². The van der Waals surface area contributed by atoms with Crippen LogP contribution < -0.4 is 5.32 Å². The normalized spacial score (nSPS) is 16.5. The number of hydrogen-bond donors (Lipinski definition) is 1. The van der Waals surface area contributed by atoms with E-state index in [2.05, 4.69) is 24.1 Å². The maximum absolute atomic E-state index is 12.9. The summed E-state index contributed by atoms with van der Waals surface area (Å²) in [6.07, 6.45) is 0.812. The second-order valence-corrected chi connectivity index (χ2v) is 7.29. The molecule has 1 heterocycles. The van der Waals surface area contributed by atoms with Crippen molar-refractivity contribution in [3.8, 4) is 0 Å². The molecular formula is C19H29N3O3. The van der Waals surface area contributed by atoms with Crippen molar-refractivity contribution in [1.82, 2.24) is 15.1 Å². The summed E-state index contributed by atoms with van der Waals surface area (Å²) >= 11 is 0. The van der Waals surface area contributed by atoms with Gasteiger partial charge in [-0.3, -0.25) is 9.69 Å². The van der Waals surface area contributed by atoms with E-state index in [0.29, 0.717) is 26.1 Å². The average Bonchev–Trinajstić information content (AvgIpc) is 2.59. The van der Waals surface area contributed by atoms with E-state index < -0.39 is 12.1 Å². The first-order valence-electron chi connectivity index (χ1n) is 8.74. The van der Waals surface area contributed by atoms with Crippen LogP contribution in [-0.4, -0.2) is 67.2 Å². The summed E-state index contributed by atoms with van der Waals surface area (Å²) in [5, 5.41) is 3.01. The van der Waals surface area contributed by atoms with Crippen LogP contribution >= 0.6 is 0 Å². The molecule has 1 aromatic rings. The minimum absolute atomic E-state index is 0.141. The molecule has 0 aliphatic carbocycles. The van der Waals surface area contributed by atoms with Crippen molar-refractivity contribution >= 4 is 12.0 Å². The fourth-order valence-electron chi connectivity index (χ4n) is 2.61. The van der Waals surface area contributed by atoms with E-state index in [1.165, 1.54) is 0 Å². The molecule has 0 spiro atoms. The molecule has 2 rings (SSSR count). The third-order valence-corrected chi connectivity index (χ3v) is 4.86. The second-order valence-electron chi connectivity index (χ2n) is 7.29. The molecule has 2 amide bonds. The summed E-state index contributed by atoms with van der Waals surface area (Å²) in [7, 11) is 3.96. The lowest BCUT2D eigenvalue weighted by molar-refractivity contribution is -0.127. The summed E-state index contributed by atoms with van der Waals surface area (Å²) < 4.78 is 5.14. The molecule has 1 atom stereocenters. The molecule has 1 unspecified atom stereocenters. The van der Waals surface area contributed by atoms with Crippen LogP contribution in [0.4, 0.5) is 4.79 Å². The molecule has 1 N–H and O–H groups in total. The maximum Gasteiger partial charge on any atom is 0.410 e. The molecule has 0 bridgehead atoms. The molecule has 0 saturated carbocycles.